The van der Waals surface area contributed by atoms with Gasteiger partial charge in [-0.2, -0.15) is 0 Å². The average molecular weight is 241 g/mol. The number of hydrogen-bond acceptors (Lipinski definition) is 2. The maximum atomic E-state index is 5.98. The standard InChI is InChI=1S/C15H31NO/c1-5-9-15(4,12-16-10-6-2)11-14-8-7-13(3)17-14/h13-14,16H,5-12H2,1-4H3. The lowest BCUT2D eigenvalue weighted by Gasteiger charge is -2.32. The van der Waals surface area contributed by atoms with Gasteiger partial charge in [0.05, 0.1) is 12.2 Å². The molecule has 102 valence electrons. The van der Waals surface area contributed by atoms with Crippen LogP contribution in [-0.4, -0.2) is 25.3 Å². The van der Waals surface area contributed by atoms with Crippen molar-refractivity contribution in [2.24, 2.45) is 5.41 Å². The molecule has 0 amide bonds. The summed E-state index contributed by atoms with van der Waals surface area (Å²) in [6, 6.07) is 0. The molecule has 1 heterocycles. The van der Waals surface area contributed by atoms with Crippen molar-refractivity contribution in [3.8, 4) is 0 Å². The Labute approximate surface area is 108 Å². The van der Waals surface area contributed by atoms with E-state index in [4.69, 9.17) is 4.74 Å². The summed E-state index contributed by atoms with van der Waals surface area (Å²) < 4.78 is 5.98. The first-order valence-electron chi connectivity index (χ1n) is 7.46. The molecule has 1 aliphatic rings. The van der Waals surface area contributed by atoms with Crippen molar-refractivity contribution >= 4 is 0 Å². The summed E-state index contributed by atoms with van der Waals surface area (Å²) in [5.41, 5.74) is 0.415. The highest BCUT2D eigenvalue weighted by Crippen LogP contribution is 2.34. The topological polar surface area (TPSA) is 21.3 Å². The Morgan fingerprint density at radius 3 is 2.53 bits per heavy atom. The molecule has 1 fully saturated rings. The Balaban J connectivity index is 2.39. The van der Waals surface area contributed by atoms with E-state index < -0.39 is 0 Å². The van der Waals surface area contributed by atoms with Gasteiger partial charge in [-0.1, -0.05) is 27.2 Å². The van der Waals surface area contributed by atoms with Crippen LogP contribution in [0.1, 0.15) is 66.2 Å². The fourth-order valence-electron chi connectivity index (χ4n) is 3.02. The molecule has 2 nitrogen and oxygen atoms in total. The van der Waals surface area contributed by atoms with Crippen molar-refractivity contribution in [3.05, 3.63) is 0 Å². The summed E-state index contributed by atoms with van der Waals surface area (Å²) in [6.07, 6.45) is 8.51. The fourth-order valence-corrected chi connectivity index (χ4v) is 3.02. The third-order valence-corrected chi connectivity index (χ3v) is 3.87. The molecule has 0 saturated carbocycles. The van der Waals surface area contributed by atoms with Gasteiger partial charge in [0.2, 0.25) is 0 Å². The third kappa shape index (κ3) is 5.39. The summed E-state index contributed by atoms with van der Waals surface area (Å²) in [5, 5.41) is 3.59. The van der Waals surface area contributed by atoms with E-state index in [2.05, 4.69) is 33.0 Å². The Hall–Kier alpha value is -0.0800. The van der Waals surface area contributed by atoms with Crippen LogP contribution in [0, 0.1) is 5.41 Å². The third-order valence-electron chi connectivity index (χ3n) is 3.87. The second-order valence-electron chi connectivity index (χ2n) is 6.09. The first-order valence-corrected chi connectivity index (χ1v) is 7.46. The number of rotatable bonds is 8. The Morgan fingerprint density at radius 1 is 1.24 bits per heavy atom. The maximum Gasteiger partial charge on any atom is 0.0585 e. The summed E-state index contributed by atoms with van der Waals surface area (Å²) in [5.74, 6) is 0. The molecule has 0 radical (unpaired) electrons. The van der Waals surface area contributed by atoms with Gasteiger partial charge in [-0.15, -0.1) is 0 Å². The van der Waals surface area contributed by atoms with Gasteiger partial charge in [0.25, 0.3) is 0 Å². The van der Waals surface area contributed by atoms with Crippen LogP contribution < -0.4 is 5.32 Å². The van der Waals surface area contributed by atoms with Gasteiger partial charge in [-0.05, 0) is 51.0 Å². The smallest absolute Gasteiger partial charge is 0.0585 e. The van der Waals surface area contributed by atoms with Gasteiger partial charge in [-0.3, -0.25) is 0 Å². The molecule has 1 rings (SSSR count). The van der Waals surface area contributed by atoms with E-state index in [9.17, 15) is 0 Å². The largest absolute Gasteiger partial charge is 0.375 e. The van der Waals surface area contributed by atoms with E-state index in [1.165, 1.54) is 38.5 Å². The molecule has 0 bridgehead atoms. The van der Waals surface area contributed by atoms with Crippen LogP contribution in [0.5, 0.6) is 0 Å². The maximum absolute atomic E-state index is 5.98. The number of nitrogens with one attached hydrogen (secondary N) is 1. The Morgan fingerprint density at radius 2 is 2.00 bits per heavy atom. The van der Waals surface area contributed by atoms with Crippen molar-refractivity contribution in [3.63, 3.8) is 0 Å². The van der Waals surface area contributed by atoms with Crippen molar-refractivity contribution in [2.75, 3.05) is 13.1 Å². The first-order chi connectivity index (χ1) is 8.09. The van der Waals surface area contributed by atoms with E-state index in [0.717, 1.165) is 13.1 Å². The molecule has 3 unspecified atom stereocenters. The minimum Gasteiger partial charge on any atom is -0.375 e. The first kappa shape index (κ1) is 15.0. The molecule has 2 heteroatoms. The molecule has 0 aromatic rings. The molecule has 0 aliphatic carbocycles. The molecule has 1 aliphatic heterocycles. The lowest BCUT2D eigenvalue weighted by Crippen LogP contribution is -2.35. The molecule has 1 N–H and O–H groups in total. The number of hydrogen-bond donors (Lipinski definition) is 1. The predicted molar refractivity (Wildman–Crippen MR) is 74.4 cm³/mol. The van der Waals surface area contributed by atoms with Gasteiger partial charge in [0.1, 0.15) is 0 Å². The Kier molecular flexibility index (Phi) is 6.50. The van der Waals surface area contributed by atoms with Gasteiger partial charge >= 0.3 is 0 Å². The van der Waals surface area contributed by atoms with Crippen molar-refractivity contribution < 1.29 is 4.74 Å². The van der Waals surface area contributed by atoms with Crippen LogP contribution in [-0.2, 0) is 4.74 Å². The van der Waals surface area contributed by atoms with Crippen LogP contribution in [0.3, 0.4) is 0 Å². The van der Waals surface area contributed by atoms with Crippen LogP contribution in [0.25, 0.3) is 0 Å². The minimum absolute atomic E-state index is 0.415. The second kappa shape index (κ2) is 7.38. The normalized spacial score (nSPS) is 28.2. The number of ether oxygens (including phenoxy) is 1. The molecule has 1 saturated heterocycles. The van der Waals surface area contributed by atoms with E-state index >= 15 is 0 Å². The lowest BCUT2D eigenvalue weighted by atomic mass is 9.79. The second-order valence-corrected chi connectivity index (χ2v) is 6.09. The van der Waals surface area contributed by atoms with E-state index in [-0.39, 0.29) is 0 Å². The molecule has 0 aromatic heterocycles. The van der Waals surface area contributed by atoms with Crippen LogP contribution >= 0.6 is 0 Å². The highest BCUT2D eigenvalue weighted by Gasteiger charge is 2.31. The average Bonchev–Trinajstić information content (AvgIpc) is 2.64. The summed E-state index contributed by atoms with van der Waals surface area (Å²) >= 11 is 0. The zero-order chi connectivity index (χ0) is 12.7. The van der Waals surface area contributed by atoms with Crippen LogP contribution in [0.4, 0.5) is 0 Å². The van der Waals surface area contributed by atoms with Gasteiger partial charge in [-0.25, -0.2) is 0 Å². The van der Waals surface area contributed by atoms with Gasteiger partial charge < -0.3 is 10.1 Å². The molecule has 3 atom stereocenters. The van der Waals surface area contributed by atoms with E-state index in [0.29, 0.717) is 17.6 Å². The van der Waals surface area contributed by atoms with Crippen molar-refractivity contribution in [1.82, 2.24) is 5.32 Å². The molecular weight excluding hydrogens is 210 g/mol. The molecule has 0 spiro atoms. The minimum atomic E-state index is 0.415. The van der Waals surface area contributed by atoms with Crippen LogP contribution in [0.15, 0.2) is 0 Å². The predicted octanol–water partition coefficient (Wildman–Crippen LogP) is 3.75. The van der Waals surface area contributed by atoms with Crippen molar-refractivity contribution in [1.29, 1.82) is 0 Å². The quantitative estimate of drug-likeness (QED) is 0.653. The zero-order valence-electron chi connectivity index (χ0n) is 12.2. The molecule has 0 aromatic carbocycles. The highest BCUT2D eigenvalue weighted by molar-refractivity contribution is 4.83. The highest BCUT2D eigenvalue weighted by atomic mass is 16.5. The van der Waals surface area contributed by atoms with Crippen molar-refractivity contribution in [2.45, 2.75) is 78.4 Å². The monoisotopic (exact) mass is 241 g/mol. The van der Waals surface area contributed by atoms with E-state index in [1.54, 1.807) is 0 Å². The molecular formula is C15H31NO. The summed E-state index contributed by atoms with van der Waals surface area (Å²) in [6.45, 7) is 11.4. The SMILES string of the molecule is CCCNCC(C)(CCC)CC1CCC(C)O1. The molecule has 17 heavy (non-hydrogen) atoms. The van der Waals surface area contributed by atoms with Gasteiger partial charge in [0, 0.05) is 6.54 Å². The zero-order valence-corrected chi connectivity index (χ0v) is 12.2. The Bertz CT molecular complexity index is 207. The van der Waals surface area contributed by atoms with Gasteiger partial charge in [0.15, 0.2) is 0 Å². The van der Waals surface area contributed by atoms with E-state index in [1.807, 2.05) is 0 Å². The fraction of sp³-hybridized carbons (Fsp3) is 1.00. The summed E-state index contributed by atoms with van der Waals surface area (Å²) in [4.78, 5) is 0. The summed E-state index contributed by atoms with van der Waals surface area (Å²) in [7, 11) is 0. The lowest BCUT2D eigenvalue weighted by molar-refractivity contribution is 0.0230. The van der Waals surface area contributed by atoms with Crippen LogP contribution in [0.2, 0.25) is 0 Å².